The third-order valence-electron chi connectivity index (χ3n) is 4.96. The summed E-state index contributed by atoms with van der Waals surface area (Å²) in [4.78, 5) is 20.6. The number of fused-ring (bicyclic) bond motifs is 2. The average molecular weight is 364 g/mol. The van der Waals surface area contributed by atoms with Crippen LogP contribution in [-0.2, 0) is 0 Å². The summed E-state index contributed by atoms with van der Waals surface area (Å²) < 4.78 is 13.6. The molecule has 1 aromatic carbocycles. The molecule has 0 unspecified atom stereocenters. The molecule has 3 heterocycles. The SMILES string of the molecule is CC[C@@H](C)c1nc2cc(F)ccc2cc1[C@H](C)Nc1ncnc2[nH]cnc12. The molecule has 0 bridgehead atoms. The highest BCUT2D eigenvalue weighted by molar-refractivity contribution is 5.83. The highest BCUT2D eigenvalue weighted by Gasteiger charge is 2.19. The number of anilines is 1. The Morgan fingerprint density at radius 1 is 1.15 bits per heavy atom. The number of hydrogen-bond acceptors (Lipinski definition) is 5. The van der Waals surface area contributed by atoms with Gasteiger partial charge in [-0.2, -0.15) is 0 Å². The molecule has 0 aliphatic heterocycles. The Balaban J connectivity index is 1.78. The molecule has 4 rings (SSSR count). The summed E-state index contributed by atoms with van der Waals surface area (Å²) in [6.07, 6.45) is 4.06. The van der Waals surface area contributed by atoms with Crippen LogP contribution < -0.4 is 5.32 Å². The molecule has 0 fully saturated rings. The van der Waals surface area contributed by atoms with E-state index >= 15 is 0 Å². The van der Waals surface area contributed by atoms with E-state index in [1.807, 2.05) is 0 Å². The fraction of sp³-hybridized carbons (Fsp3) is 0.300. The first-order valence-electron chi connectivity index (χ1n) is 9.07. The van der Waals surface area contributed by atoms with Crippen LogP contribution in [0.25, 0.3) is 22.1 Å². The van der Waals surface area contributed by atoms with Gasteiger partial charge in [0.25, 0.3) is 0 Å². The lowest BCUT2D eigenvalue weighted by atomic mass is 9.94. The predicted molar refractivity (Wildman–Crippen MR) is 104 cm³/mol. The molecule has 0 aliphatic rings. The van der Waals surface area contributed by atoms with Crippen LogP contribution in [0.4, 0.5) is 10.2 Å². The summed E-state index contributed by atoms with van der Waals surface area (Å²) in [5, 5.41) is 4.35. The van der Waals surface area contributed by atoms with Gasteiger partial charge in [-0.05, 0) is 43.0 Å². The van der Waals surface area contributed by atoms with Gasteiger partial charge in [0.2, 0.25) is 0 Å². The minimum absolute atomic E-state index is 0.0502. The third-order valence-corrected chi connectivity index (χ3v) is 4.96. The number of nitrogens with one attached hydrogen (secondary N) is 2. The molecule has 27 heavy (non-hydrogen) atoms. The molecule has 0 radical (unpaired) electrons. The van der Waals surface area contributed by atoms with Gasteiger partial charge in [-0.25, -0.2) is 19.3 Å². The number of benzene rings is 1. The summed E-state index contributed by atoms with van der Waals surface area (Å²) in [7, 11) is 0. The number of hydrogen-bond donors (Lipinski definition) is 2. The molecule has 2 atom stereocenters. The molecule has 0 saturated carbocycles. The second kappa shape index (κ2) is 6.90. The molecule has 0 amide bonds. The molecule has 0 aliphatic carbocycles. The van der Waals surface area contributed by atoms with E-state index in [0.29, 0.717) is 22.5 Å². The van der Waals surface area contributed by atoms with Crippen molar-refractivity contribution >= 4 is 27.9 Å². The molecular formula is C20H21FN6. The summed E-state index contributed by atoms with van der Waals surface area (Å²) in [5.74, 6) is 0.654. The van der Waals surface area contributed by atoms with Crippen molar-refractivity contribution in [1.29, 1.82) is 0 Å². The number of pyridine rings is 1. The molecule has 6 nitrogen and oxygen atoms in total. The van der Waals surface area contributed by atoms with Gasteiger partial charge in [0, 0.05) is 17.1 Å². The van der Waals surface area contributed by atoms with Crippen LogP contribution in [0, 0.1) is 5.82 Å². The van der Waals surface area contributed by atoms with Gasteiger partial charge in [-0.1, -0.05) is 13.8 Å². The standard InChI is InChI=1S/C20H21FN6/c1-4-11(2)17-15(7-13-5-6-14(21)8-16(13)27-17)12(3)26-20-18-19(23-9-22-18)24-10-25-20/h5-12H,4H2,1-3H3,(H2,22,23,24,25,26)/t11-,12+/m1/s1. The van der Waals surface area contributed by atoms with Crippen LogP contribution in [0.5, 0.6) is 0 Å². The van der Waals surface area contributed by atoms with E-state index in [-0.39, 0.29) is 17.8 Å². The van der Waals surface area contributed by atoms with Gasteiger partial charge in [0.05, 0.1) is 17.9 Å². The molecule has 7 heteroatoms. The van der Waals surface area contributed by atoms with Crippen LogP contribution in [-0.4, -0.2) is 24.9 Å². The van der Waals surface area contributed by atoms with Crippen molar-refractivity contribution in [3.05, 3.63) is 54.0 Å². The molecular weight excluding hydrogens is 343 g/mol. The topological polar surface area (TPSA) is 79.4 Å². The predicted octanol–water partition coefficient (Wildman–Crippen LogP) is 4.73. The number of aromatic amines is 1. The maximum absolute atomic E-state index is 13.6. The first-order chi connectivity index (χ1) is 13.1. The summed E-state index contributed by atoms with van der Waals surface area (Å²) in [6.45, 7) is 6.33. The quantitative estimate of drug-likeness (QED) is 0.535. The number of halogens is 1. The second-order valence-corrected chi connectivity index (χ2v) is 6.80. The first kappa shape index (κ1) is 17.3. The summed E-state index contributed by atoms with van der Waals surface area (Å²) in [6, 6.07) is 6.76. The van der Waals surface area contributed by atoms with E-state index in [1.165, 1.54) is 18.5 Å². The molecule has 3 aromatic heterocycles. The fourth-order valence-electron chi connectivity index (χ4n) is 3.26. The monoisotopic (exact) mass is 364 g/mol. The van der Waals surface area contributed by atoms with Crippen molar-refractivity contribution in [3.8, 4) is 0 Å². The Labute approximate surface area is 156 Å². The van der Waals surface area contributed by atoms with E-state index in [1.54, 1.807) is 12.4 Å². The number of imidazole rings is 1. The van der Waals surface area contributed by atoms with Crippen LogP contribution >= 0.6 is 0 Å². The van der Waals surface area contributed by atoms with Crippen molar-refractivity contribution in [1.82, 2.24) is 24.9 Å². The highest BCUT2D eigenvalue weighted by Crippen LogP contribution is 2.31. The van der Waals surface area contributed by atoms with Gasteiger partial charge < -0.3 is 10.3 Å². The lowest BCUT2D eigenvalue weighted by Gasteiger charge is -2.21. The smallest absolute Gasteiger partial charge is 0.162 e. The molecule has 2 N–H and O–H groups in total. The Bertz CT molecular complexity index is 1110. The summed E-state index contributed by atoms with van der Waals surface area (Å²) >= 11 is 0. The summed E-state index contributed by atoms with van der Waals surface area (Å²) in [5.41, 5.74) is 4.12. The van der Waals surface area contributed by atoms with E-state index < -0.39 is 0 Å². The van der Waals surface area contributed by atoms with Gasteiger partial charge in [0.15, 0.2) is 11.5 Å². The lowest BCUT2D eigenvalue weighted by molar-refractivity contribution is 0.629. The van der Waals surface area contributed by atoms with Crippen molar-refractivity contribution in [3.63, 3.8) is 0 Å². The first-order valence-corrected chi connectivity index (χ1v) is 9.07. The van der Waals surface area contributed by atoms with Crippen LogP contribution in [0.2, 0.25) is 0 Å². The van der Waals surface area contributed by atoms with Crippen molar-refractivity contribution in [2.75, 3.05) is 5.32 Å². The Kier molecular flexibility index (Phi) is 4.43. The van der Waals surface area contributed by atoms with Crippen LogP contribution in [0.15, 0.2) is 36.9 Å². The molecule has 4 aromatic rings. The normalized spacial score (nSPS) is 13.8. The van der Waals surface area contributed by atoms with Crippen LogP contribution in [0.3, 0.4) is 0 Å². The van der Waals surface area contributed by atoms with Gasteiger partial charge in [-0.15, -0.1) is 0 Å². The number of nitrogens with zero attached hydrogens (tertiary/aromatic N) is 4. The van der Waals surface area contributed by atoms with Crippen molar-refractivity contribution in [2.45, 2.75) is 39.2 Å². The molecule has 0 saturated heterocycles. The van der Waals surface area contributed by atoms with Crippen LogP contribution in [0.1, 0.15) is 50.4 Å². The Morgan fingerprint density at radius 3 is 2.81 bits per heavy atom. The zero-order valence-electron chi connectivity index (χ0n) is 15.5. The van der Waals surface area contributed by atoms with E-state index in [2.05, 4.69) is 52.1 Å². The third kappa shape index (κ3) is 3.20. The number of rotatable bonds is 5. The second-order valence-electron chi connectivity index (χ2n) is 6.80. The fourth-order valence-corrected chi connectivity index (χ4v) is 3.26. The molecule has 138 valence electrons. The highest BCUT2D eigenvalue weighted by atomic mass is 19.1. The Morgan fingerprint density at radius 2 is 2.00 bits per heavy atom. The van der Waals surface area contributed by atoms with E-state index in [4.69, 9.17) is 4.98 Å². The number of aromatic nitrogens is 5. The Hall–Kier alpha value is -3.09. The zero-order chi connectivity index (χ0) is 19.0. The van der Waals surface area contributed by atoms with Gasteiger partial charge in [0.1, 0.15) is 17.7 Å². The van der Waals surface area contributed by atoms with Crippen molar-refractivity contribution < 1.29 is 4.39 Å². The minimum Gasteiger partial charge on any atom is -0.362 e. The van der Waals surface area contributed by atoms with E-state index in [9.17, 15) is 4.39 Å². The average Bonchev–Trinajstić information content (AvgIpc) is 3.16. The van der Waals surface area contributed by atoms with Gasteiger partial charge in [-0.3, -0.25) is 4.98 Å². The lowest BCUT2D eigenvalue weighted by Crippen LogP contribution is -2.13. The zero-order valence-corrected chi connectivity index (χ0v) is 15.5. The van der Waals surface area contributed by atoms with Gasteiger partial charge >= 0.3 is 0 Å². The maximum atomic E-state index is 13.6. The van der Waals surface area contributed by atoms with E-state index in [0.717, 1.165) is 23.1 Å². The molecule has 0 spiro atoms. The minimum atomic E-state index is -0.272. The van der Waals surface area contributed by atoms with Crippen molar-refractivity contribution in [2.24, 2.45) is 0 Å². The largest absolute Gasteiger partial charge is 0.362 e. The maximum Gasteiger partial charge on any atom is 0.162 e. The number of H-pyrrole nitrogens is 1.